The van der Waals surface area contributed by atoms with Crippen molar-refractivity contribution in [2.24, 2.45) is 5.92 Å². The number of β-amino-alcohol motifs (C(OH)–C–C–N with tert-alkyl or cyclic N) is 1. The van der Waals surface area contributed by atoms with Gasteiger partial charge in [-0.1, -0.05) is 24.3 Å². The fourth-order valence-corrected chi connectivity index (χ4v) is 3.47. The molecule has 1 aromatic carbocycles. The Balaban J connectivity index is 1.37. The van der Waals surface area contributed by atoms with Crippen molar-refractivity contribution in [1.82, 2.24) is 24.6 Å². The number of hydrogen-bond acceptors (Lipinski definition) is 5. The van der Waals surface area contributed by atoms with E-state index < -0.39 is 6.10 Å². The zero-order valence-electron chi connectivity index (χ0n) is 14.4. The first kappa shape index (κ1) is 16.7. The summed E-state index contributed by atoms with van der Waals surface area (Å²) in [4.78, 5) is 18.8. The lowest BCUT2D eigenvalue weighted by atomic mass is 9.99. The topological polar surface area (TPSA) is 84.1 Å². The average Bonchev–Trinajstić information content (AvgIpc) is 3.30. The van der Waals surface area contributed by atoms with Crippen molar-refractivity contribution in [3.63, 3.8) is 0 Å². The molecule has 1 saturated heterocycles. The number of pyridine rings is 1. The average molecular weight is 351 g/mol. The number of para-hydroxylation sites is 1. The van der Waals surface area contributed by atoms with Crippen LogP contribution in [0.3, 0.4) is 0 Å². The third kappa shape index (κ3) is 3.57. The number of likely N-dealkylation sites (tertiary alicyclic amines) is 1. The van der Waals surface area contributed by atoms with Gasteiger partial charge in [0.05, 0.1) is 11.6 Å². The molecule has 7 nitrogen and oxygen atoms in total. The van der Waals surface area contributed by atoms with Gasteiger partial charge < -0.3 is 14.6 Å². The first-order chi connectivity index (χ1) is 12.7. The Morgan fingerprint density at radius 3 is 2.77 bits per heavy atom. The van der Waals surface area contributed by atoms with Gasteiger partial charge in [0.25, 0.3) is 0 Å². The summed E-state index contributed by atoms with van der Waals surface area (Å²) in [5.74, 6) is 0.0641. The number of aromatic nitrogens is 4. The Bertz CT molecular complexity index is 896. The molecule has 3 heterocycles. The molecule has 0 saturated carbocycles. The van der Waals surface area contributed by atoms with Crippen molar-refractivity contribution in [1.29, 1.82) is 0 Å². The molecule has 1 fully saturated rings. The number of fused-ring (bicyclic) bond motifs is 1. The molecule has 0 spiro atoms. The fourth-order valence-electron chi connectivity index (χ4n) is 3.47. The minimum atomic E-state index is -0.512. The van der Waals surface area contributed by atoms with Gasteiger partial charge in [0.15, 0.2) is 0 Å². The fraction of sp³-hybridized carbons (Fsp3) is 0.368. The molecule has 26 heavy (non-hydrogen) atoms. The quantitative estimate of drug-likeness (QED) is 0.748. The van der Waals surface area contributed by atoms with E-state index >= 15 is 0 Å². The molecule has 0 radical (unpaired) electrons. The van der Waals surface area contributed by atoms with Gasteiger partial charge in [-0.2, -0.15) is 0 Å². The number of amides is 1. The molecule has 1 aliphatic heterocycles. The van der Waals surface area contributed by atoms with Crippen molar-refractivity contribution in [2.75, 3.05) is 13.1 Å². The number of benzene rings is 1. The second-order valence-electron chi connectivity index (χ2n) is 6.78. The van der Waals surface area contributed by atoms with Gasteiger partial charge in [-0.25, -0.2) is 0 Å². The zero-order valence-corrected chi connectivity index (χ0v) is 14.4. The Hall–Kier alpha value is -2.80. The number of aliphatic hydroxyl groups excluding tert-OH is 1. The maximum absolute atomic E-state index is 12.4. The second kappa shape index (κ2) is 7.21. The minimum absolute atomic E-state index is 0.0162. The maximum Gasteiger partial charge on any atom is 0.224 e. The van der Waals surface area contributed by atoms with Crippen molar-refractivity contribution < 1.29 is 9.90 Å². The van der Waals surface area contributed by atoms with Crippen molar-refractivity contribution in [3.05, 3.63) is 54.7 Å². The van der Waals surface area contributed by atoms with Gasteiger partial charge >= 0.3 is 0 Å². The van der Waals surface area contributed by atoms with Crippen molar-refractivity contribution in [2.45, 2.75) is 25.5 Å². The molecule has 0 bridgehead atoms. The summed E-state index contributed by atoms with van der Waals surface area (Å²) in [6.45, 7) is 1.51. The summed E-state index contributed by atoms with van der Waals surface area (Å²) in [5, 5.41) is 19.0. The zero-order chi connectivity index (χ0) is 17.9. The predicted octanol–water partition coefficient (Wildman–Crippen LogP) is 1.28. The Labute approximate surface area is 151 Å². The van der Waals surface area contributed by atoms with E-state index in [-0.39, 0.29) is 11.8 Å². The standard InChI is InChI=1S/C19H21N5O2/c25-18-11-24(19(26)7-8-23-12-20-21-13-23)10-15(18)9-16-6-5-14-3-1-2-4-17(14)22-16/h1-6,12-13,15,18,25H,7-11H2/t15-,18-/m1/s1. The van der Waals surface area contributed by atoms with Gasteiger partial charge in [-0.3, -0.25) is 9.78 Å². The molecule has 1 amide bonds. The minimum Gasteiger partial charge on any atom is -0.391 e. The molecule has 134 valence electrons. The molecule has 7 heteroatoms. The number of aliphatic hydroxyl groups is 1. The van der Waals surface area contributed by atoms with Crippen LogP contribution in [0.5, 0.6) is 0 Å². The number of nitrogens with zero attached hydrogens (tertiary/aromatic N) is 5. The second-order valence-corrected chi connectivity index (χ2v) is 6.78. The number of carbonyl (C=O) groups excluding carboxylic acids is 1. The molecule has 0 aliphatic carbocycles. The summed E-state index contributed by atoms with van der Waals surface area (Å²) >= 11 is 0. The van der Waals surface area contributed by atoms with E-state index in [1.807, 2.05) is 30.3 Å². The van der Waals surface area contributed by atoms with E-state index in [9.17, 15) is 9.90 Å². The van der Waals surface area contributed by atoms with E-state index in [1.165, 1.54) is 0 Å². The van der Waals surface area contributed by atoms with Crippen LogP contribution in [-0.4, -0.2) is 54.9 Å². The van der Waals surface area contributed by atoms with Crippen LogP contribution in [0.4, 0.5) is 0 Å². The van der Waals surface area contributed by atoms with Crippen LogP contribution < -0.4 is 0 Å². The van der Waals surface area contributed by atoms with E-state index in [0.717, 1.165) is 16.6 Å². The molecule has 0 unspecified atom stereocenters. The summed E-state index contributed by atoms with van der Waals surface area (Å²) < 4.78 is 1.78. The van der Waals surface area contributed by atoms with Crippen LogP contribution in [0, 0.1) is 5.92 Å². The molecule has 3 aromatic rings. The molecule has 4 rings (SSSR count). The Kier molecular flexibility index (Phi) is 4.62. The van der Waals surface area contributed by atoms with Crippen LogP contribution in [0.1, 0.15) is 12.1 Å². The third-order valence-corrected chi connectivity index (χ3v) is 4.94. The molecule has 2 aromatic heterocycles. The normalized spacial score (nSPS) is 20.0. The van der Waals surface area contributed by atoms with Crippen molar-refractivity contribution in [3.8, 4) is 0 Å². The SMILES string of the molecule is O=C(CCn1cnnc1)N1C[C@@H](Cc2ccc3ccccc3n2)[C@H](O)C1. The number of carbonyl (C=O) groups is 1. The monoisotopic (exact) mass is 351 g/mol. The lowest BCUT2D eigenvalue weighted by Crippen LogP contribution is -2.30. The number of hydrogen-bond donors (Lipinski definition) is 1. The van der Waals surface area contributed by atoms with Crippen LogP contribution in [0.15, 0.2) is 49.1 Å². The first-order valence-corrected chi connectivity index (χ1v) is 8.82. The lowest BCUT2D eigenvalue weighted by molar-refractivity contribution is -0.130. The van der Waals surface area contributed by atoms with Crippen LogP contribution >= 0.6 is 0 Å². The van der Waals surface area contributed by atoms with Gasteiger partial charge in [0.2, 0.25) is 5.91 Å². The smallest absolute Gasteiger partial charge is 0.224 e. The van der Waals surface area contributed by atoms with E-state index in [1.54, 1.807) is 22.1 Å². The van der Waals surface area contributed by atoms with Crippen LogP contribution in [0.2, 0.25) is 0 Å². The van der Waals surface area contributed by atoms with E-state index in [2.05, 4.69) is 21.2 Å². The van der Waals surface area contributed by atoms with E-state index in [0.29, 0.717) is 32.5 Å². The summed E-state index contributed by atoms with van der Waals surface area (Å²) in [7, 11) is 0. The molecule has 1 N–H and O–H groups in total. The molecule has 1 aliphatic rings. The first-order valence-electron chi connectivity index (χ1n) is 8.82. The van der Waals surface area contributed by atoms with Crippen molar-refractivity contribution >= 4 is 16.8 Å². The van der Waals surface area contributed by atoms with Crippen LogP contribution in [-0.2, 0) is 17.8 Å². The molecular formula is C19H21N5O2. The molecular weight excluding hydrogens is 330 g/mol. The predicted molar refractivity (Wildman–Crippen MR) is 96.2 cm³/mol. The number of aryl methyl sites for hydroxylation is 1. The van der Waals surface area contributed by atoms with Gasteiger partial charge in [-0.05, 0) is 18.6 Å². The van der Waals surface area contributed by atoms with Crippen LogP contribution in [0.25, 0.3) is 10.9 Å². The van der Waals surface area contributed by atoms with E-state index in [4.69, 9.17) is 0 Å². The number of rotatable bonds is 5. The lowest BCUT2D eigenvalue weighted by Gasteiger charge is -2.16. The largest absolute Gasteiger partial charge is 0.391 e. The van der Waals surface area contributed by atoms with Gasteiger partial charge in [-0.15, -0.1) is 10.2 Å². The highest BCUT2D eigenvalue weighted by Crippen LogP contribution is 2.23. The summed E-state index contributed by atoms with van der Waals surface area (Å²) in [6, 6.07) is 12.1. The maximum atomic E-state index is 12.4. The summed E-state index contributed by atoms with van der Waals surface area (Å²) in [6.07, 6.45) is 3.73. The highest BCUT2D eigenvalue weighted by atomic mass is 16.3. The van der Waals surface area contributed by atoms with Gasteiger partial charge in [0, 0.05) is 43.1 Å². The Morgan fingerprint density at radius 1 is 1.12 bits per heavy atom. The van der Waals surface area contributed by atoms with Gasteiger partial charge in [0.1, 0.15) is 12.7 Å². The highest BCUT2D eigenvalue weighted by molar-refractivity contribution is 5.78. The summed E-state index contributed by atoms with van der Waals surface area (Å²) in [5.41, 5.74) is 1.91. The third-order valence-electron chi connectivity index (χ3n) is 4.94. The molecule has 2 atom stereocenters. The highest BCUT2D eigenvalue weighted by Gasteiger charge is 2.33. The Morgan fingerprint density at radius 2 is 1.92 bits per heavy atom.